The molecule has 2 aliphatic rings. The maximum absolute atomic E-state index is 13.2. The van der Waals surface area contributed by atoms with E-state index in [9.17, 15) is 13.2 Å². The molecule has 35 heavy (non-hydrogen) atoms. The Bertz CT molecular complexity index is 1360. The molecule has 6 rings (SSSR count). The van der Waals surface area contributed by atoms with Gasteiger partial charge in [-0.25, -0.2) is 4.98 Å². The van der Waals surface area contributed by atoms with E-state index >= 15 is 0 Å². The molecule has 0 aliphatic carbocycles. The SMILES string of the molecule is CC1COCCN1c1nc(N2CCC(C(F)(F)F)CC2)nc2nc(-c3cccc4[nH]ccc34)[nH]c12. The Kier molecular flexibility index (Phi) is 5.32. The zero-order chi connectivity index (χ0) is 24.2. The van der Waals surface area contributed by atoms with Crippen LogP contribution in [0.5, 0.6) is 0 Å². The molecule has 0 amide bonds. The molecule has 2 saturated heterocycles. The molecule has 3 aromatic heterocycles. The van der Waals surface area contributed by atoms with Gasteiger partial charge in [-0.15, -0.1) is 0 Å². The van der Waals surface area contributed by atoms with Crippen molar-refractivity contribution >= 4 is 33.8 Å². The van der Waals surface area contributed by atoms with Gasteiger partial charge in [0.05, 0.1) is 25.2 Å². The zero-order valence-corrected chi connectivity index (χ0v) is 19.3. The van der Waals surface area contributed by atoms with Crippen LogP contribution in [0.15, 0.2) is 30.5 Å². The highest BCUT2D eigenvalue weighted by molar-refractivity contribution is 5.96. The van der Waals surface area contributed by atoms with E-state index in [1.807, 2.05) is 35.4 Å². The lowest BCUT2D eigenvalue weighted by Gasteiger charge is -2.36. The first-order valence-corrected chi connectivity index (χ1v) is 11.9. The summed E-state index contributed by atoms with van der Waals surface area (Å²) in [6, 6.07) is 8.07. The third-order valence-corrected chi connectivity index (χ3v) is 7.05. The number of H-pyrrole nitrogens is 2. The number of hydrogen-bond acceptors (Lipinski definition) is 6. The number of morpholine rings is 1. The van der Waals surface area contributed by atoms with Gasteiger partial charge in [0.1, 0.15) is 11.3 Å². The Labute approximate surface area is 199 Å². The number of imidazole rings is 1. The fourth-order valence-electron chi connectivity index (χ4n) is 5.09. The van der Waals surface area contributed by atoms with Crippen molar-refractivity contribution < 1.29 is 17.9 Å². The van der Waals surface area contributed by atoms with Crippen molar-refractivity contribution in [2.24, 2.45) is 5.92 Å². The van der Waals surface area contributed by atoms with Crippen LogP contribution >= 0.6 is 0 Å². The van der Waals surface area contributed by atoms with E-state index in [0.29, 0.717) is 43.0 Å². The summed E-state index contributed by atoms with van der Waals surface area (Å²) in [5.74, 6) is 0.526. The molecule has 1 aromatic carbocycles. The van der Waals surface area contributed by atoms with Crippen molar-refractivity contribution in [3.8, 4) is 11.4 Å². The number of benzene rings is 1. The van der Waals surface area contributed by atoms with Gasteiger partial charge in [0.15, 0.2) is 11.5 Å². The molecule has 2 aliphatic heterocycles. The smallest absolute Gasteiger partial charge is 0.377 e. The van der Waals surface area contributed by atoms with Crippen LogP contribution in [0.2, 0.25) is 0 Å². The highest BCUT2D eigenvalue weighted by Gasteiger charge is 2.41. The van der Waals surface area contributed by atoms with E-state index in [4.69, 9.17) is 19.7 Å². The number of aromatic amines is 2. The minimum absolute atomic E-state index is 0.0372. The Morgan fingerprint density at radius 1 is 1.06 bits per heavy atom. The topological polar surface area (TPSA) is 86.0 Å². The second-order valence-electron chi connectivity index (χ2n) is 9.30. The van der Waals surface area contributed by atoms with Crippen molar-refractivity contribution in [3.63, 3.8) is 0 Å². The summed E-state index contributed by atoms with van der Waals surface area (Å²) < 4.78 is 45.2. The summed E-state index contributed by atoms with van der Waals surface area (Å²) in [4.78, 5) is 25.1. The third kappa shape index (κ3) is 3.97. The van der Waals surface area contributed by atoms with Gasteiger partial charge < -0.3 is 24.5 Å². The number of ether oxygens (including phenoxy) is 1. The average molecular weight is 486 g/mol. The Hall–Kier alpha value is -3.34. The van der Waals surface area contributed by atoms with Crippen LogP contribution in [-0.4, -0.2) is 70.0 Å². The minimum atomic E-state index is -4.17. The van der Waals surface area contributed by atoms with Gasteiger partial charge in [-0.05, 0) is 31.9 Å². The number of hydrogen-bond donors (Lipinski definition) is 2. The van der Waals surface area contributed by atoms with Crippen LogP contribution in [0.3, 0.4) is 0 Å². The number of anilines is 2. The molecule has 8 nitrogen and oxygen atoms in total. The monoisotopic (exact) mass is 485 g/mol. The maximum Gasteiger partial charge on any atom is 0.391 e. The van der Waals surface area contributed by atoms with Gasteiger partial charge in [0.25, 0.3) is 0 Å². The molecule has 184 valence electrons. The van der Waals surface area contributed by atoms with Gasteiger partial charge in [-0.1, -0.05) is 12.1 Å². The lowest BCUT2D eigenvalue weighted by atomic mass is 9.96. The summed E-state index contributed by atoms with van der Waals surface area (Å²) in [7, 11) is 0. The van der Waals surface area contributed by atoms with E-state index in [1.165, 1.54) is 0 Å². The van der Waals surface area contributed by atoms with Crippen LogP contribution in [0.4, 0.5) is 24.9 Å². The summed E-state index contributed by atoms with van der Waals surface area (Å²) in [6.45, 7) is 4.39. The minimum Gasteiger partial charge on any atom is -0.377 e. The fraction of sp³-hybridized carbons (Fsp3) is 0.458. The van der Waals surface area contributed by atoms with Gasteiger partial charge in [0, 0.05) is 42.3 Å². The molecule has 5 heterocycles. The number of aromatic nitrogens is 5. The first kappa shape index (κ1) is 22.1. The van der Waals surface area contributed by atoms with Gasteiger partial charge >= 0.3 is 6.18 Å². The Morgan fingerprint density at radius 2 is 1.89 bits per heavy atom. The average Bonchev–Trinajstić information content (AvgIpc) is 3.50. The van der Waals surface area contributed by atoms with Crippen LogP contribution in [0.1, 0.15) is 19.8 Å². The predicted octanol–water partition coefficient (Wildman–Crippen LogP) is 4.51. The molecule has 1 unspecified atom stereocenters. The molecule has 2 fully saturated rings. The molecular weight excluding hydrogens is 459 g/mol. The van der Waals surface area contributed by atoms with Crippen LogP contribution in [-0.2, 0) is 4.74 Å². The number of fused-ring (bicyclic) bond motifs is 2. The van der Waals surface area contributed by atoms with Crippen molar-refractivity contribution in [3.05, 3.63) is 30.5 Å². The van der Waals surface area contributed by atoms with Crippen molar-refractivity contribution in [1.29, 1.82) is 0 Å². The molecule has 0 radical (unpaired) electrons. The zero-order valence-electron chi connectivity index (χ0n) is 19.3. The standard InChI is InChI=1S/C24H26F3N7O/c1-14-13-35-12-11-34(14)22-19-21(30-20(29-19)17-3-2-4-18-16(17)5-8-28-18)31-23(32-22)33-9-6-15(7-10-33)24(25,26)27/h2-5,8,14-15,28H,6-7,9-13H2,1H3,(H,29,30,31,32). The van der Waals surface area contributed by atoms with Crippen molar-refractivity contribution in [2.75, 3.05) is 42.6 Å². The second-order valence-corrected chi connectivity index (χ2v) is 9.30. The second kappa shape index (κ2) is 8.40. The van der Waals surface area contributed by atoms with Crippen molar-refractivity contribution in [1.82, 2.24) is 24.9 Å². The van der Waals surface area contributed by atoms with E-state index in [2.05, 4.69) is 21.8 Å². The molecular formula is C24H26F3N7O. The maximum atomic E-state index is 13.2. The molecule has 4 aromatic rings. The van der Waals surface area contributed by atoms with Crippen LogP contribution in [0.25, 0.3) is 33.5 Å². The number of halogens is 3. The first-order chi connectivity index (χ1) is 16.9. The lowest BCUT2D eigenvalue weighted by molar-refractivity contribution is -0.179. The normalized spacial score (nSPS) is 20.3. The largest absolute Gasteiger partial charge is 0.391 e. The van der Waals surface area contributed by atoms with Crippen LogP contribution in [0, 0.1) is 5.92 Å². The molecule has 0 saturated carbocycles. The first-order valence-electron chi connectivity index (χ1n) is 11.9. The third-order valence-electron chi connectivity index (χ3n) is 7.05. The molecule has 11 heteroatoms. The van der Waals surface area contributed by atoms with Crippen molar-refractivity contribution in [2.45, 2.75) is 32.0 Å². The van der Waals surface area contributed by atoms with E-state index in [1.54, 1.807) is 0 Å². The Morgan fingerprint density at radius 3 is 2.66 bits per heavy atom. The number of rotatable bonds is 3. The van der Waals surface area contributed by atoms with E-state index in [0.717, 1.165) is 22.0 Å². The number of alkyl halides is 3. The molecule has 0 bridgehead atoms. The number of piperidine rings is 1. The Balaban J connectivity index is 1.43. The molecule has 0 spiro atoms. The lowest BCUT2D eigenvalue weighted by Crippen LogP contribution is -2.45. The highest BCUT2D eigenvalue weighted by Crippen LogP contribution is 2.36. The fourth-order valence-corrected chi connectivity index (χ4v) is 5.09. The van der Waals surface area contributed by atoms with E-state index in [-0.39, 0.29) is 32.0 Å². The van der Waals surface area contributed by atoms with Gasteiger partial charge in [-0.3, -0.25) is 0 Å². The molecule has 1 atom stereocenters. The summed E-state index contributed by atoms with van der Waals surface area (Å²) in [5, 5.41) is 1.04. The van der Waals surface area contributed by atoms with Crippen LogP contribution < -0.4 is 9.80 Å². The quantitative estimate of drug-likeness (QED) is 0.444. The summed E-state index contributed by atoms with van der Waals surface area (Å²) >= 11 is 0. The van der Waals surface area contributed by atoms with E-state index < -0.39 is 12.1 Å². The number of nitrogens with zero attached hydrogens (tertiary/aromatic N) is 5. The summed E-state index contributed by atoms with van der Waals surface area (Å²) in [6.07, 6.45) is -2.20. The summed E-state index contributed by atoms with van der Waals surface area (Å²) in [5.41, 5.74) is 3.17. The number of nitrogens with one attached hydrogen (secondary N) is 2. The van der Waals surface area contributed by atoms with Gasteiger partial charge in [-0.2, -0.15) is 23.1 Å². The molecule has 2 N–H and O–H groups in total. The predicted molar refractivity (Wildman–Crippen MR) is 128 cm³/mol. The van der Waals surface area contributed by atoms with Gasteiger partial charge in [0.2, 0.25) is 5.95 Å². The highest BCUT2D eigenvalue weighted by atomic mass is 19.4.